The SMILES string of the molecule is Cc1cc(N=C2C=C(Cl)C(=O)C(Cl)=C2)ccc1[O-].O.[Na+]. The van der Waals surface area contributed by atoms with Crippen molar-refractivity contribution in [3.8, 4) is 5.75 Å². The molecule has 1 aliphatic carbocycles. The van der Waals surface area contributed by atoms with Gasteiger partial charge in [-0.2, -0.15) is 0 Å². The molecule has 0 saturated carbocycles. The number of rotatable bonds is 1. The summed E-state index contributed by atoms with van der Waals surface area (Å²) in [5.74, 6) is -0.455. The van der Waals surface area contributed by atoms with Crippen molar-refractivity contribution in [2.24, 2.45) is 4.99 Å². The first kappa shape index (κ1) is 19.4. The first-order chi connectivity index (χ1) is 8.47. The Morgan fingerprint density at radius 2 is 1.70 bits per heavy atom. The van der Waals surface area contributed by atoms with Crippen molar-refractivity contribution in [3.63, 3.8) is 0 Å². The Balaban J connectivity index is 0.00000180. The summed E-state index contributed by atoms with van der Waals surface area (Å²) >= 11 is 11.5. The van der Waals surface area contributed by atoms with Crippen molar-refractivity contribution in [1.29, 1.82) is 0 Å². The molecule has 1 aromatic rings. The summed E-state index contributed by atoms with van der Waals surface area (Å²) < 4.78 is 0. The van der Waals surface area contributed by atoms with E-state index in [1.54, 1.807) is 19.1 Å². The Bertz CT molecular complexity index is 600. The van der Waals surface area contributed by atoms with Crippen LogP contribution in [0, 0.1) is 6.92 Å². The van der Waals surface area contributed by atoms with Crippen LogP contribution in [0.2, 0.25) is 0 Å². The third-order valence-corrected chi connectivity index (χ3v) is 2.96. The molecule has 0 spiro atoms. The number of hydrogen-bond donors (Lipinski definition) is 0. The summed E-state index contributed by atoms with van der Waals surface area (Å²) in [5.41, 5.74) is 1.69. The molecule has 0 unspecified atom stereocenters. The van der Waals surface area contributed by atoms with Crippen LogP contribution in [0.4, 0.5) is 5.69 Å². The molecular formula is C13H10Cl2NNaO3. The van der Waals surface area contributed by atoms with Gasteiger partial charge in [0.15, 0.2) is 0 Å². The number of carbonyl (C=O) groups excluding carboxylic acids is 1. The topological polar surface area (TPSA) is 84.0 Å². The Kier molecular flexibility index (Phi) is 7.73. The number of nitrogens with zero attached hydrogens (tertiary/aromatic N) is 1. The van der Waals surface area contributed by atoms with E-state index < -0.39 is 5.78 Å². The molecule has 20 heavy (non-hydrogen) atoms. The van der Waals surface area contributed by atoms with Crippen LogP contribution in [-0.4, -0.2) is 17.0 Å². The molecule has 0 amide bonds. The maximum absolute atomic E-state index is 11.3. The molecular weight excluding hydrogens is 312 g/mol. The number of Topliss-reactive ketones (excluding diaryl/α,β-unsaturated/α-hetero) is 1. The van der Waals surface area contributed by atoms with E-state index in [4.69, 9.17) is 23.2 Å². The maximum Gasteiger partial charge on any atom is 1.00 e. The molecule has 2 N–H and O–H groups in total. The Hall–Kier alpha value is -0.620. The van der Waals surface area contributed by atoms with Crippen LogP contribution >= 0.6 is 23.2 Å². The Morgan fingerprint density at radius 1 is 1.15 bits per heavy atom. The molecule has 100 valence electrons. The summed E-state index contributed by atoms with van der Waals surface area (Å²) in [4.78, 5) is 15.6. The molecule has 0 atom stereocenters. The van der Waals surface area contributed by atoms with Gasteiger partial charge in [-0.3, -0.25) is 4.79 Å². The number of halogens is 2. The summed E-state index contributed by atoms with van der Waals surface area (Å²) in [7, 11) is 0. The van der Waals surface area contributed by atoms with Crippen LogP contribution in [-0.2, 0) is 4.79 Å². The van der Waals surface area contributed by atoms with Gasteiger partial charge in [-0.1, -0.05) is 34.8 Å². The minimum atomic E-state index is -0.414. The second-order valence-corrected chi connectivity index (χ2v) is 4.61. The largest absolute Gasteiger partial charge is 1.00 e. The van der Waals surface area contributed by atoms with E-state index >= 15 is 0 Å². The summed E-state index contributed by atoms with van der Waals surface area (Å²) in [6, 6.07) is 4.71. The van der Waals surface area contributed by atoms with Gasteiger partial charge in [-0.05, 0) is 31.2 Å². The first-order valence-electron chi connectivity index (χ1n) is 5.13. The predicted molar refractivity (Wildman–Crippen MR) is 74.2 cm³/mol. The number of aliphatic imine (C=N–C) groups is 1. The summed E-state index contributed by atoms with van der Waals surface area (Å²) in [6.45, 7) is 1.71. The van der Waals surface area contributed by atoms with Crippen LogP contribution in [0.15, 0.2) is 45.4 Å². The monoisotopic (exact) mass is 321 g/mol. The van der Waals surface area contributed by atoms with Crippen LogP contribution in [0.5, 0.6) is 5.75 Å². The van der Waals surface area contributed by atoms with Gasteiger partial charge in [-0.15, -0.1) is 5.75 Å². The van der Waals surface area contributed by atoms with E-state index in [1.165, 1.54) is 18.2 Å². The average Bonchev–Trinajstić information content (AvgIpc) is 2.31. The zero-order chi connectivity index (χ0) is 13.3. The van der Waals surface area contributed by atoms with Gasteiger partial charge in [-0.25, -0.2) is 4.99 Å². The minimum absolute atomic E-state index is 0. The fourth-order valence-corrected chi connectivity index (χ4v) is 1.94. The standard InChI is InChI=1S/C13H9Cl2NO2.Na.H2O/c1-7-4-8(2-3-12(7)17)16-9-5-10(14)13(18)11(15)6-9;;/h2-6,17H,1H3;;1H2/q;+1;/p-1. The van der Waals surface area contributed by atoms with Crippen molar-refractivity contribution in [2.45, 2.75) is 6.92 Å². The van der Waals surface area contributed by atoms with Crippen LogP contribution < -0.4 is 34.7 Å². The van der Waals surface area contributed by atoms with Crippen LogP contribution in [0.3, 0.4) is 0 Å². The number of allylic oxidation sites excluding steroid dienone is 4. The Morgan fingerprint density at radius 3 is 2.20 bits per heavy atom. The molecule has 2 rings (SSSR count). The molecule has 4 nitrogen and oxygen atoms in total. The van der Waals surface area contributed by atoms with Gasteiger partial charge in [0.2, 0.25) is 5.78 Å². The van der Waals surface area contributed by atoms with E-state index in [2.05, 4.69) is 4.99 Å². The van der Waals surface area contributed by atoms with Crippen molar-refractivity contribution in [2.75, 3.05) is 0 Å². The number of carbonyl (C=O) groups is 1. The van der Waals surface area contributed by atoms with Crippen molar-refractivity contribution >= 4 is 40.4 Å². The number of hydrogen-bond acceptors (Lipinski definition) is 3. The summed E-state index contributed by atoms with van der Waals surface area (Å²) in [5, 5.41) is 11.3. The number of benzene rings is 1. The molecule has 0 aliphatic heterocycles. The number of aryl methyl sites for hydroxylation is 1. The molecule has 7 heteroatoms. The van der Waals surface area contributed by atoms with Crippen molar-refractivity contribution in [3.05, 3.63) is 46.0 Å². The smallest absolute Gasteiger partial charge is 0.872 e. The van der Waals surface area contributed by atoms with Gasteiger partial charge < -0.3 is 10.6 Å². The van der Waals surface area contributed by atoms with Gasteiger partial charge in [0.25, 0.3) is 0 Å². The van der Waals surface area contributed by atoms with Gasteiger partial charge in [0, 0.05) is 0 Å². The van der Waals surface area contributed by atoms with E-state index in [0.29, 0.717) is 17.0 Å². The van der Waals surface area contributed by atoms with Crippen LogP contribution in [0.1, 0.15) is 5.56 Å². The average molecular weight is 322 g/mol. The zero-order valence-electron chi connectivity index (χ0n) is 10.9. The predicted octanol–water partition coefficient (Wildman–Crippen LogP) is -0.851. The maximum atomic E-state index is 11.3. The fraction of sp³-hybridized carbons (Fsp3) is 0.0769. The van der Waals surface area contributed by atoms with Gasteiger partial charge in [0.1, 0.15) is 0 Å². The molecule has 0 saturated heterocycles. The van der Waals surface area contributed by atoms with Gasteiger partial charge >= 0.3 is 29.6 Å². The van der Waals surface area contributed by atoms with Crippen molar-refractivity contribution in [1.82, 2.24) is 0 Å². The molecule has 1 aromatic carbocycles. The minimum Gasteiger partial charge on any atom is -0.872 e. The molecule has 0 aromatic heterocycles. The molecule has 0 bridgehead atoms. The molecule has 0 heterocycles. The zero-order valence-corrected chi connectivity index (χ0v) is 14.4. The van der Waals surface area contributed by atoms with E-state index in [1.807, 2.05) is 0 Å². The van der Waals surface area contributed by atoms with E-state index in [9.17, 15) is 9.90 Å². The third-order valence-electron chi connectivity index (χ3n) is 2.40. The third kappa shape index (κ3) is 4.45. The summed E-state index contributed by atoms with van der Waals surface area (Å²) in [6.07, 6.45) is 2.88. The normalized spacial score (nSPS) is 13.8. The van der Waals surface area contributed by atoms with E-state index in [0.717, 1.165) is 0 Å². The second-order valence-electron chi connectivity index (χ2n) is 3.80. The molecule has 0 radical (unpaired) electrons. The molecule has 1 aliphatic rings. The van der Waals surface area contributed by atoms with Crippen molar-refractivity contribution < 1.29 is 44.9 Å². The van der Waals surface area contributed by atoms with Gasteiger partial charge in [0.05, 0.1) is 21.5 Å². The van der Waals surface area contributed by atoms with E-state index in [-0.39, 0.29) is 50.8 Å². The number of ketones is 1. The fourth-order valence-electron chi connectivity index (χ4n) is 1.46. The van der Waals surface area contributed by atoms with Crippen LogP contribution in [0.25, 0.3) is 0 Å². The second kappa shape index (κ2) is 7.98. The Labute approximate surface area is 148 Å². The quantitative estimate of drug-likeness (QED) is 0.498. The molecule has 0 fully saturated rings. The first-order valence-corrected chi connectivity index (χ1v) is 5.88.